The van der Waals surface area contributed by atoms with Gasteiger partial charge in [0.2, 0.25) is 5.95 Å². The molecule has 1 aromatic carbocycles. The van der Waals surface area contributed by atoms with E-state index >= 15 is 0 Å². The number of benzene rings is 1. The maximum absolute atomic E-state index is 13.3. The molecule has 2 N–H and O–H groups in total. The zero-order chi connectivity index (χ0) is 15.7. The van der Waals surface area contributed by atoms with Crippen LogP contribution in [-0.2, 0) is 0 Å². The van der Waals surface area contributed by atoms with Crippen molar-refractivity contribution in [2.24, 2.45) is 0 Å². The third-order valence-corrected chi connectivity index (χ3v) is 3.31. The average molecular weight is 336 g/mol. The molecule has 2 heterocycles. The summed E-state index contributed by atoms with van der Waals surface area (Å²) in [5, 5.41) is 0.285. The van der Waals surface area contributed by atoms with Gasteiger partial charge in [-0.05, 0) is 30.3 Å². The van der Waals surface area contributed by atoms with Gasteiger partial charge < -0.3 is 5.73 Å². The van der Waals surface area contributed by atoms with Crippen molar-refractivity contribution in [3.8, 4) is 22.8 Å². The van der Waals surface area contributed by atoms with Crippen LogP contribution in [0.3, 0.4) is 0 Å². The molecule has 22 heavy (non-hydrogen) atoms. The van der Waals surface area contributed by atoms with Crippen molar-refractivity contribution in [3.63, 3.8) is 0 Å². The van der Waals surface area contributed by atoms with Crippen LogP contribution in [0.25, 0.3) is 22.8 Å². The summed E-state index contributed by atoms with van der Waals surface area (Å²) in [6.07, 6.45) is 1.53. The lowest BCUT2D eigenvalue weighted by Gasteiger charge is -2.06. The number of anilines is 1. The van der Waals surface area contributed by atoms with Gasteiger partial charge in [-0.15, -0.1) is 0 Å². The topological polar surface area (TPSA) is 77.6 Å². The minimum absolute atomic E-state index is 0.0232. The Bertz CT molecular complexity index is 856. The molecule has 0 amide bonds. The van der Waals surface area contributed by atoms with Gasteiger partial charge in [-0.1, -0.05) is 23.2 Å². The van der Waals surface area contributed by atoms with E-state index in [2.05, 4.69) is 19.9 Å². The molecule has 0 unspecified atom stereocenters. The molecular weight excluding hydrogens is 328 g/mol. The summed E-state index contributed by atoms with van der Waals surface area (Å²) < 4.78 is 13.3. The van der Waals surface area contributed by atoms with E-state index < -0.39 is 5.82 Å². The molecule has 0 fully saturated rings. The second-order valence-electron chi connectivity index (χ2n) is 4.34. The van der Waals surface area contributed by atoms with Crippen molar-refractivity contribution >= 4 is 29.2 Å². The molecule has 2 aromatic heterocycles. The Hall–Kier alpha value is -2.31. The molecule has 0 aliphatic carbocycles. The number of aromatic nitrogens is 4. The molecule has 110 valence electrons. The largest absolute Gasteiger partial charge is 0.368 e. The van der Waals surface area contributed by atoms with E-state index in [1.54, 1.807) is 12.1 Å². The summed E-state index contributed by atoms with van der Waals surface area (Å²) in [6, 6.07) is 7.48. The van der Waals surface area contributed by atoms with Gasteiger partial charge in [0.15, 0.2) is 11.6 Å². The molecular formula is C14H8Cl2FN5. The highest BCUT2D eigenvalue weighted by Crippen LogP contribution is 2.25. The number of hydrogen-bond donors (Lipinski definition) is 1. The maximum atomic E-state index is 13.3. The van der Waals surface area contributed by atoms with Gasteiger partial charge in [0.25, 0.3) is 0 Å². The van der Waals surface area contributed by atoms with Gasteiger partial charge in [0, 0.05) is 17.3 Å². The standard InChI is InChI=1S/C14H8Cl2FN5/c15-9-5-7(1-2-10(9)17)12-20-13(22-14(18)21-12)8-3-4-19-11(16)6-8/h1-6H,(H2,18,20,21,22). The van der Waals surface area contributed by atoms with Gasteiger partial charge in [-0.25, -0.2) is 14.4 Å². The molecule has 0 saturated carbocycles. The molecule has 0 spiro atoms. The average Bonchev–Trinajstić information content (AvgIpc) is 2.49. The number of pyridine rings is 1. The Morgan fingerprint density at radius 3 is 2.23 bits per heavy atom. The van der Waals surface area contributed by atoms with Gasteiger partial charge in [0.05, 0.1) is 5.02 Å². The van der Waals surface area contributed by atoms with Crippen molar-refractivity contribution in [2.75, 3.05) is 5.73 Å². The lowest BCUT2D eigenvalue weighted by Crippen LogP contribution is -2.02. The molecule has 3 aromatic rings. The van der Waals surface area contributed by atoms with E-state index in [9.17, 15) is 4.39 Å². The van der Waals surface area contributed by atoms with Crippen molar-refractivity contribution in [2.45, 2.75) is 0 Å². The molecule has 8 heteroatoms. The number of hydrogen-bond acceptors (Lipinski definition) is 5. The zero-order valence-electron chi connectivity index (χ0n) is 11.0. The lowest BCUT2D eigenvalue weighted by molar-refractivity contribution is 0.628. The fourth-order valence-electron chi connectivity index (χ4n) is 1.83. The molecule has 0 radical (unpaired) electrons. The Morgan fingerprint density at radius 2 is 1.59 bits per heavy atom. The molecule has 0 bridgehead atoms. The SMILES string of the molecule is Nc1nc(-c2ccnc(Cl)c2)nc(-c2ccc(F)c(Cl)c2)n1. The van der Waals surface area contributed by atoms with Crippen LogP contribution in [0.2, 0.25) is 10.2 Å². The van der Waals surface area contributed by atoms with Crippen LogP contribution in [0.1, 0.15) is 0 Å². The first kappa shape index (κ1) is 14.6. The second kappa shape index (κ2) is 5.82. The predicted octanol–water partition coefficient (Wildman–Crippen LogP) is 3.63. The Balaban J connectivity index is 2.12. The minimum atomic E-state index is -0.520. The van der Waals surface area contributed by atoms with Gasteiger partial charge in [-0.2, -0.15) is 9.97 Å². The summed E-state index contributed by atoms with van der Waals surface area (Å²) >= 11 is 11.6. The van der Waals surface area contributed by atoms with Gasteiger partial charge >= 0.3 is 0 Å². The van der Waals surface area contributed by atoms with Crippen LogP contribution in [0.15, 0.2) is 36.5 Å². The van der Waals surface area contributed by atoms with Crippen molar-refractivity contribution in [1.29, 1.82) is 0 Å². The highest BCUT2D eigenvalue weighted by atomic mass is 35.5. The fraction of sp³-hybridized carbons (Fsp3) is 0. The highest BCUT2D eigenvalue weighted by molar-refractivity contribution is 6.31. The Labute approximate surface area is 135 Å². The molecule has 3 rings (SSSR count). The summed E-state index contributed by atoms with van der Waals surface area (Å²) in [6.45, 7) is 0. The summed E-state index contributed by atoms with van der Waals surface area (Å²) in [4.78, 5) is 16.3. The van der Waals surface area contributed by atoms with Crippen LogP contribution in [0.5, 0.6) is 0 Å². The van der Waals surface area contributed by atoms with Crippen LogP contribution >= 0.6 is 23.2 Å². The molecule has 0 aliphatic rings. The van der Waals surface area contributed by atoms with Gasteiger partial charge in [-0.3, -0.25) is 0 Å². The first-order chi connectivity index (χ1) is 10.5. The van der Waals surface area contributed by atoms with Crippen LogP contribution < -0.4 is 5.73 Å². The summed E-state index contributed by atoms with van der Waals surface area (Å²) in [5.41, 5.74) is 6.89. The fourth-order valence-corrected chi connectivity index (χ4v) is 2.18. The monoisotopic (exact) mass is 335 g/mol. The van der Waals surface area contributed by atoms with E-state index in [0.29, 0.717) is 22.1 Å². The van der Waals surface area contributed by atoms with Crippen molar-refractivity contribution in [1.82, 2.24) is 19.9 Å². The third kappa shape index (κ3) is 2.98. The molecule has 5 nitrogen and oxygen atoms in total. The molecule has 0 aliphatic heterocycles. The van der Waals surface area contributed by atoms with Crippen molar-refractivity contribution < 1.29 is 4.39 Å². The number of rotatable bonds is 2. The molecule has 0 atom stereocenters. The van der Waals surface area contributed by atoms with E-state index in [0.717, 1.165) is 0 Å². The number of nitrogens with zero attached hydrogens (tertiary/aromatic N) is 4. The smallest absolute Gasteiger partial charge is 0.224 e. The quantitative estimate of drug-likeness (QED) is 0.723. The number of nitrogen functional groups attached to an aromatic ring is 1. The first-order valence-electron chi connectivity index (χ1n) is 6.12. The Kier molecular flexibility index (Phi) is 3.87. The number of halogens is 3. The second-order valence-corrected chi connectivity index (χ2v) is 5.13. The first-order valence-corrected chi connectivity index (χ1v) is 6.87. The highest BCUT2D eigenvalue weighted by Gasteiger charge is 2.11. The minimum Gasteiger partial charge on any atom is -0.368 e. The number of nitrogens with two attached hydrogens (primary N) is 1. The van der Waals surface area contributed by atoms with Crippen LogP contribution in [0, 0.1) is 5.82 Å². The third-order valence-electron chi connectivity index (χ3n) is 2.82. The summed E-state index contributed by atoms with van der Waals surface area (Å²) in [7, 11) is 0. The maximum Gasteiger partial charge on any atom is 0.224 e. The van der Waals surface area contributed by atoms with E-state index in [-0.39, 0.29) is 16.8 Å². The van der Waals surface area contributed by atoms with Gasteiger partial charge in [0.1, 0.15) is 11.0 Å². The molecule has 0 saturated heterocycles. The zero-order valence-corrected chi connectivity index (χ0v) is 12.5. The van der Waals surface area contributed by atoms with Crippen LogP contribution in [-0.4, -0.2) is 19.9 Å². The van der Waals surface area contributed by atoms with E-state index in [1.165, 1.54) is 24.4 Å². The normalized spacial score (nSPS) is 10.7. The van der Waals surface area contributed by atoms with E-state index in [4.69, 9.17) is 28.9 Å². The Morgan fingerprint density at radius 1 is 0.909 bits per heavy atom. The van der Waals surface area contributed by atoms with Crippen molar-refractivity contribution in [3.05, 3.63) is 52.5 Å². The van der Waals surface area contributed by atoms with Crippen LogP contribution in [0.4, 0.5) is 10.3 Å². The lowest BCUT2D eigenvalue weighted by atomic mass is 10.2. The summed E-state index contributed by atoms with van der Waals surface area (Å²) in [5.74, 6) is 0.145. The van der Waals surface area contributed by atoms with E-state index in [1.807, 2.05) is 0 Å². The predicted molar refractivity (Wildman–Crippen MR) is 82.9 cm³/mol.